The lowest BCUT2D eigenvalue weighted by Gasteiger charge is -2.30. The van der Waals surface area contributed by atoms with Crippen molar-refractivity contribution in [2.24, 2.45) is 11.8 Å². The number of aliphatic hydroxyl groups excluding tert-OH is 1. The fourth-order valence-electron chi connectivity index (χ4n) is 2.81. The number of anilines is 1. The largest absolute Gasteiger partial charge is 0.396 e. The number of carbonyl (C=O) groups is 1. The average molecular weight is 250 g/mol. The first-order chi connectivity index (χ1) is 8.72. The molecule has 2 N–H and O–H groups in total. The van der Waals surface area contributed by atoms with Gasteiger partial charge in [0.2, 0.25) is 5.91 Å². The van der Waals surface area contributed by atoms with Crippen molar-refractivity contribution in [3.05, 3.63) is 18.5 Å². The number of aliphatic hydroxyl groups is 1. The maximum Gasteiger partial charge on any atom is 0.229 e. The minimum absolute atomic E-state index is 0.153. The molecule has 1 aromatic heterocycles. The number of carbonyl (C=O) groups excluding carboxylic acids is 1. The molecular formula is C14H22N2O2. The monoisotopic (exact) mass is 250 g/mol. The van der Waals surface area contributed by atoms with Crippen molar-refractivity contribution >= 4 is 11.6 Å². The first-order valence-electron chi connectivity index (χ1n) is 6.73. The number of aromatic amines is 1. The van der Waals surface area contributed by atoms with Gasteiger partial charge in [0.15, 0.2) is 0 Å². The Labute approximate surface area is 108 Å². The van der Waals surface area contributed by atoms with Crippen LogP contribution in [0.5, 0.6) is 0 Å². The average Bonchev–Trinajstić information content (AvgIpc) is 2.92. The number of nitrogens with one attached hydrogen (secondary N) is 1. The predicted octanol–water partition coefficient (Wildman–Crippen LogP) is 2.17. The van der Waals surface area contributed by atoms with Gasteiger partial charge in [-0.3, -0.25) is 4.79 Å². The van der Waals surface area contributed by atoms with Gasteiger partial charge in [-0.15, -0.1) is 0 Å². The first-order valence-corrected chi connectivity index (χ1v) is 6.73. The van der Waals surface area contributed by atoms with Gasteiger partial charge in [0, 0.05) is 32.0 Å². The lowest BCUT2D eigenvalue weighted by Crippen LogP contribution is -2.34. The zero-order valence-electron chi connectivity index (χ0n) is 10.9. The summed E-state index contributed by atoms with van der Waals surface area (Å²) in [4.78, 5) is 17.0. The van der Waals surface area contributed by atoms with E-state index in [1.807, 2.05) is 25.5 Å². The quantitative estimate of drug-likeness (QED) is 0.860. The highest BCUT2D eigenvalue weighted by Gasteiger charge is 2.28. The Morgan fingerprint density at radius 1 is 1.44 bits per heavy atom. The van der Waals surface area contributed by atoms with Crippen molar-refractivity contribution in [1.82, 2.24) is 4.98 Å². The highest BCUT2D eigenvalue weighted by Crippen LogP contribution is 2.32. The smallest absolute Gasteiger partial charge is 0.229 e. The van der Waals surface area contributed by atoms with Crippen molar-refractivity contribution < 1.29 is 9.90 Å². The Morgan fingerprint density at radius 3 is 2.72 bits per heavy atom. The van der Waals surface area contributed by atoms with Gasteiger partial charge in [0.1, 0.15) is 0 Å². The molecule has 0 atom stereocenters. The molecule has 100 valence electrons. The van der Waals surface area contributed by atoms with Crippen molar-refractivity contribution in [1.29, 1.82) is 0 Å². The van der Waals surface area contributed by atoms with Crippen LogP contribution in [0.2, 0.25) is 0 Å². The molecule has 1 aromatic rings. The summed E-state index contributed by atoms with van der Waals surface area (Å²) in [6.45, 7) is 0.270. The van der Waals surface area contributed by atoms with Crippen LogP contribution >= 0.6 is 0 Å². The predicted molar refractivity (Wildman–Crippen MR) is 71.4 cm³/mol. The van der Waals surface area contributed by atoms with Crippen LogP contribution in [0.1, 0.15) is 32.1 Å². The van der Waals surface area contributed by atoms with Crippen molar-refractivity contribution in [3.63, 3.8) is 0 Å². The van der Waals surface area contributed by atoms with Crippen LogP contribution in [0.15, 0.2) is 18.5 Å². The molecule has 0 spiro atoms. The summed E-state index contributed by atoms with van der Waals surface area (Å²) in [6, 6.07) is 1.91. The summed E-state index contributed by atoms with van der Waals surface area (Å²) in [5.74, 6) is 0.980. The third-order valence-electron chi connectivity index (χ3n) is 4.03. The number of H-pyrrole nitrogens is 1. The maximum absolute atomic E-state index is 12.3. The standard InChI is InChI=1S/C14H22N2O2/c1-16(13-6-8-15-10-13)14(18)12-4-2-11(3-5-12)7-9-17/h6,8,10-12,15,17H,2-5,7,9H2,1H3. The molecular weight excluding hydrogens is 228 g/mol. The summed E-state index contributed by atoms with van der Waals surface area (Å²) < 4.78 is 0. The highest BCUT2D eigenvalue weighted by atomic mass is 16.3. The lowest BCUT2D eigenvalue weighted by molar-refractivity contribution is -0.123. The molecule has 1 saturated carbocycles. The third-order valence-corrected chi connectivity index (χ3v) is 4.03. The molecule has 0 aliphatic heterocycles. The molecule has 1 heterocycles. The summed E-state index contributed by atoms with van der Waals surface area (Å²) in [7, 11) is 1.84. The molecule has 1 aliphatic rings. The van der Waals surface area contributed by atoms with Gasteiger partial charge in [-0.25, -0.2) is 0 Å². The van der Waals surface area contributed by atoms with E-state index in [0.29, 0.717) is 5.92 Å². The van der Waals surface area contributed by atoms with Crippen LogP contribution in [-0.4, -0.2) is 29.7 Å². The minimum atomic E-state index is 0.153. The van der Waals surface area contributed by atoms with E-state index in [0.717, 1.165) is 37.8 Å². The molecule has 0 unspecified atom stereocenters. The molecule has 0 radical (unpaired) electrons. The van der Waals surface area contributed by atoms with E-state index in [1.165, 1.54) is 0 Å². The Morgan fingerprint density at radius 2 is 2.17 bits per heavy atom. The molecule has 1 aliphatic carbocycles. The molecule has 2 rings (SSSR count). The van der Waals surface area contributed by atoms with E-state index >= 15 is 0 Å². The molecule has 4 heteroatoms. The van der Waals surface area contributed by atoms with Crippen molar-refractivity contribution in [2.75, 3.05) is 18.6 Å². The fraction of sp³-hybridized carbons (Fsp3) is 0.643. The first kappa shape index (κ1) is 13.1. The summed E-state index contributed by atoms with van der Waals surface area (Å²) in [5, 5.41) is 8.93. The summed E-state index contributed by atoms with van der Waals surface area (Å²) in [6.07, 6.45) is 8.60. The number of amides is 1. The van der Waals surface area contributed by atoms with E-state index in [2.05, 4.69) is 4.98 Å². The van der Waals surface area contributed by atoms with Gasteiger partial charge < -0.3 is 15.0 Å². The zero-order chi connectivity index (χ0) is 13.0. The topological polar surface area (TPSA) is 56.3 Å². The summed E-state index contributed by atoms with van der Waals surface area (Å²) in [5.41, 5.74) is 0.928. The van der Waals surface area contributed by atoms with Gasteiger partial charge in [0.05, 0.1) is 5.69 Å². The van der Waals surface area contributed by atoms with E-state index in [9.17, 15) is 4.79 Å². The lowest BCUT2D eigenvalue weighted by atomic mass is 9.80. The molecule has 1 amide bonds. The van der Waals surface area contributed by atoms with E-state index in [4.69, 9.17) is 5.11 Å². The molecule has 4 nitrogen and oxygen atoms in total. The Bertz CT molecular complexity index is 367. The van der Waals surface area contributed by atoms with E-state index in [1.54, 1.807) is 4.90 Å². The van der Waals surface area contributed by atoms with Gasteiger partial charge in [-0.05, 0) is 44.1 Å². The zero-order valence-corrected chi connectivity index (χ0v) is 10.9. The van der Waals surface area contributed by atoms with Crippen LogP contribution in [0.4, 0.5) is 5.69 Å². The van der Waals surface area contributed by atoms with Gasteiger partial charge in [-0.1, -0.05) is 0 Å². The number of rotatable bonds is 4. The van der Waals surface area contributed by atoms with Crippen LogP contribution in [0.3, 0.4) is 0 Å². The Hall–Kier alpha value is -1.29. The molecule has 0 saturated heterocycles. The second kappa shape index (κ2) is 6.05. The molecule has 0 bridgehead atoms. The second-order valence-electron chi connectivity index (χ2n) is 5.20. The molecule has 0 aromatic carbocycles. The van der Waals surface area contributed by atoms with Crippen LogP contribution in [0.25, 0.3) is 0 Å². The van der Waals surface area contributed by atoms with Gasteiger partial charge in [-0.2, -0.15) is 0 Å². The third kappa shape index (κ3) is 2.93. The summed E-state index contributed by atoms with van der Waals surface area (Å²) >= 11 is 0. The number of hydrogen-bond donors (Lipinski definition) is 2. The Kier molecular flexibility index (Phi) is 4.42. The number of aromatic nitrogens is 1. The number of nitrogens with zero attached hydrogens (tertiary/aromatic N) is 1. The van der Waals surface area contributed by atoms with Crippen molar-refractivity contribution in [3.8, 4) is 0 Å². The highest BCUT2D eigenvalue weighted by molar-refractivity contribution is 5.94. The molecule has 1 fully saturated rings. The van der Waals surface area contributed by atoms with Crippen molar-refractivity contribution in [2.45, 2.75) is 32.1 Å². The molecule has 18 heavy (non-hydrogen) atoms. The van der Waals surface area contributed by atoms with E-state index < -0.39 is 0 Å². The van der Waals surface area contributed by atoms with Crippen LogP contribution in [-0.2, 0) is 4.79 Å². The SMILES string of the molecule is CN(C(=O)C1CCC(CCO)CC1)c1cc[nH]c1. The van der Waals surface area contributed by atoms with E-state index in [-0.39, 0.29) is 18.4 Å². The number of hydrogen-bond acceptors (Lipinski definition) is 2. The van der Waals surface area contributed by atoms with Crippen LogP contribution in [0, 0.1) is 11.8 Å². The van der Waals surface area contributed by atoms with Gasteiger partial charge >= 0.3 is 0 Å². The Balaban J connectivity index is 1.87. The maximum atomic E-state index is 12.3. The van der Waals surface area contributed by atoms with Crippen LogP contribution < -0.4 is 4.90 Å². The van der Waals surface area contributed by atoms with Gasteiger partial charge in [0.25, 0.3) is 0 Å². The minimum Gasteiger partial charge on any atom is -0.396 e. The normalized spacial score (nSPS) is 23.9. The second-order valence-corrected chi connectivity index (χ2v) is 5.20. The fourth-order valence-corrected chi connectivity index (χ4v) is 2.81.